The van der Waals surface area contributed by atoms with Crippen molar-refractivity contribution in [3.63, 3.8) is 0 Å². The van der Waals surface area contributed by atoms with Gasteiger partial charge in [0.1, 0.15) is 5.69 Å². The van der Waals surface area contributed by atoms with E-state index >= 15 is 0 Å². The number of nitrogens with one attached hydrogen (secondary N) is 1. The Kier molecular flexibility index (Phi) is 4.59. The average Bonchev–Trinajstić information content (AvgIpc) is 2.35. The molecule has 0 fully saturated rings. The largest absolute Gasteiger partial charge is 0.392 e. The monoisotopic (exact) mass is 250 g/mol. The standard InChI is InChI=1S/C11H14N4O3/c1-7(16)9(13)6-14-10-3-2-8(5-12)4-11(10)15(17)18/h2-4,7,9,14,16H,6,13H2,1H3. The second-order valence-corrected chi connectivity index (χ2v) is 3.89. The number of nitro groups is 1. The molecule has 0 spiro atoms. The first-order valence-electron chi connectivity index (χ1n) is 5.31. The van der Waals surface area contributed by atoms with E-state index in [0.717, 1.165) is 0 Å². The summed E-state index contributed by atoms with van der Waals surface area (Å²) in [7, 11) is 0. The molecule has 7 nitrogen and oxygen atoms in total. The quantitative estimate of drug-likeness (QED) is 0.518. The molecule has 0 aliphatic heterocycles. The van der Waals surface area contributed by atoms with Crippen LogP contribution in [0.15, 0.2) is 18.2 Å². The highest BCUT2D eigenvalue weighted by atomic mass is 16.6. The Morgan fingerprint density at radius 3 is 2.83 bits per heavy atom. The Labute approximate surface area is 104 Å². The van der Waals surface area contributed by atoms with Gasteiger partial charge in [-0.25, -0.2) is 0 Å². The topological polar surface area (TPSA) is 125 Å². The number of nitrogens with zero attached hydrogens (tertiary/aromatic N) is 2. The van der Waals surface area contributed by atoms with Crippen molar-refractivity contribution >= 4 is 11.4 Å². The van der Waals surface area contributed by atoms with Crippen molar-refractivity contribution < 1.29 is 10.0 Å². The molecule has 7 heteroatoms. The van der Waals surface area contributed by atoms with Crippen LogP contribution in [0, 0.1) is 21.4 Å². The Balaban J connectivity index is 2.89. The summed E-state index contributed by atoms with van der Waals surface area (Å²) < 4.78 is 0. The molecular formula is C11H14N4O3. The Hall–Kier alpha value is -2.17. The number of nitro benzene ring substituents is 1. The zero-order chi connectivity index (χ0) is 13.7. The molecule has 0 saturated heterocycles. The van der Waals surface area contributed by atoms with Crippen LogP contribution >= 0.6 is 0 Å². The maximum absolute atomic E-state index is 10.8. The minimum absolute atomic E-state index is 0.188. The smallest absolute Gasteiger partial charge is 0.293 e. The number of hydrogen-bond acceptors (Lipinski definition) is 6. The van der Waals surface area contributed by atoms with Gasteiger partial charge >= 0.3 is 0 Å². The molecule has 0 aliphatic carbocycles. The summed E-state index contributed by atoms with van der Waals surface area (Å²) in [6.07, 6.45) is -0.713. The van der Waals surface area contributed by atoms with Crippen molar-refractivity contribution in [1.82, 2.24) is 0 Å². The number of rotatable bonds is 5. The number of nitrogens with two attached hydrogens (primary N) is 1. The zero-order valence-electron chi connectivity index (χ0n) is 9.83. The highest BCUT2D eigenvalue weighted by molar-refractivity contribution is 5.64. The lowest BCUT2D eigenvalue weighted by Gasteiger charge is -2.16. The third-order valence-electron chi connectivity index (χ3n) is 2.47. The van der Waals surface area contributed by atoms with Gasteiger partial charge in [0, 0.05) is 18.7 Å². The van der Waals surface area contributed by atoms with E-state index in [4.69, 9.17) is 11.0 Å². The molecule has 0 saturated carbocycles. The second kappa shape index (κ2) is 5.95. The predicted octanol–water partition coefficient (Wildman–Crippen LogP) is 0.586. The van der Waals surface area contributed by atoms with Crippen LogP contribution in [0.5, 0.6) is 0 Å². The number of aliphatic hydroxyl groups is 1. The molecule has 1 aromatic carbocycles. The normalized spacial score (nSPS) is 13.4. The Morgan fingerprint density at radius 1 is 1.67 bits per heavy atom. The number of anilines is 1. The lowest BCUT2D eigenvalue weighted by Crippen LogP contribution is -2.38. The van der Waals surface area contributed by atoms with Crippen molar-refractivity contribution in [1.29, 1.82) is 5.26 Å². The van der Waals surface area contributed by atoms with Crippen molar-refractivity contribution in [2.75, 3.05) is 11.9 Å². The van der Waals surface area contributed by atoms with E-state index in [1.54, 1.807) is 6.92 Å². The minimum Gasteiger partial charge on any atom is -0.392 e. The lowest BCUT2D eigenvalue weighted by molar-refractivity contribution is -0.384. The maximum atomic E-state index is 10.8. The molecule has 2 atom stereocenters. The molecule has 0 aliphatic rings. The van der Waals surface area contributed by atoms with Crippen molar-refractivity contribution in [2.45, 2.75) is 19.1 Å². The van der Waals surface area contributed by atoms with E-state index < -0.39 is 17.1 Å². The van der Waals surface area contributed by atoms with Crippen LogP contribution in [0.25, 0.3) is 0 Å². The van der Waals surface area contributed by atoms with Crippen LogP contribution in [-0.4, -0.2) is 28.7 Å². The molecule has 18 heavy (non-hydrogen) atoms. The molecule has 0 heterocycles. The fourth-order valence-corrected chi connectivity index (χ4v) is 1.30. The molecule has 96 valence electrons. The van der Waals surface area contributed by atoms with Gasteiger partial charge in [0.25, 0.3) is 5.69 Å². The van der Waals surface area contributed by atoms with Crippen LogP contribution in [0.3, 0.4) is 0 Å². The summed E-state index contributed by atoms with van der Waals surface area (Å²) in [6, 6.07) is 5.42. The molecule has 0 bridgehead atoms. The first-order valence-corrected chi connectivity index (χ1v) is 5.31. The zero-order valence-corrected chi connectivity index (χ0v) is 9.83. The van der Waals surface area contributed by atoms with E-state index in [1.165, 1.54) is 18.2 Å². The van der Waals surface area contributed by atoms with Gasteiger partial charge in [0.15, 0.2) is 0 Å². The third kappa shape index (κ3) is 3.41. The maximum Gasteiger partial charge on any atom is 0.293 e. The van der Waals surface area contributed by atoms with Gasteiger partial charge in [0.2, 0.25) is 0 Å². The van der Waals surface area contributed by atoms with Crippen LogP contribution in [0.2, 0.25) is 0 Å². The number of benzene rings is 1. The Bertz CT molecular complexity index is 482. The highest BCUT2D eigenvalue weighted by Gasteiger charge is 2.16. The van der Waals surface area contributed by atoms with E-state index in [0.29, 0.717) is 0 Å². The first kappa shape index (κ1) is 13.9. The van der Waals surface area contributed by atoms with Gasteiger partial charge in [-0.05, 0) is 19.1 Å². The van der Waals surface area contributed by atoms with Crippen LogP contribution < -0.4 is 11.1 Å². The molecule has 4 N–H and O–H groups in total. The van der Waals surface area contributed by atoms with Gasteiger partial charge in [-0.15, -0.1) is 0 Å². The van der Waals surface area contributed by atoms with Gasteiger partial charge in [-0.2, -0.15) is 5.26 Å². The molecule has 0 radical (unpaired) electrons. The fourth-order valence-electron chi connectivity index (χ4n) is 1.30. The fraction of sp³-hybridized carbons (Fsp3) is 0.364. The molecule has 1 rings (SSSR count). The van der Waals surface area contributed by atoms with Gasteiger partial charge in [-0.3, -0.25) is 10.1 Å². The van der Waals surface area contributed by atoms with Gasteiger partial charge in [-0.1, -0.05) is 0 Å². The molecule has 0 amide bonds. The van der Waals surface area contributed by atoms with E-state index in [1.807, 2.05) is 6.07 Å². The van der Waals surface area contributed by atoms with Crippen LogP contribution in [-0.2, 0) is 0 Å². The number of nitriles is 1. The van der Waals surface area contributed by atoms with Crippen molar-refractivity contribution in [3.05, 3.63) is 33.9 Å². The molecular weight excluding hydrogens is 236 g/mol. The van der Waals surface area contributed by atoms with Gasteiger partial charge in [0.05, 0.1) is 22.7 Å². The molecule has 1 aromatic rings. The van der Waals surface area contributed by atoms with Crippen LogP contribution in [0.4, 0.5) is 11.4 Å². The minimum atomic E-state index is -0.713. The van der Waals surface area contributed by atoms with Gasteiger partial charge < -0.3 is 16.2 Å². The summed E-state index contributed by atoms with van der Waals surface area (Å²) >= 11 is 0. The summed E-state index contributed by atoms with van der Waals surface area (Å²) in [4.78, 5) is 10.3. The SMILES string of the molecule is CC(O)C(N)CNc1ccc(C#N)cc1[N+](=O)[O-]. The summed E-state index contributed by atoms with van der Waals surface area (Å²) in [5.74, 6) is 0. The Morgan fingerprint density at radius 2 is 2.33 bits per heavy atom. The molecule has 0 aromatic heterocycles. The predicted molar refractivity (Wildman–Crippen MR) is 66.0 cm³/mol. The lowest BCUT2D eigenvalue weighted by atomic mass is 10.1. The first-order chi connectivity index (χ1) is 8.45. The van der Waals surface area contributed by atoms with Crippen molar-refractivity contribution in [3.8, 4) is 6.07 Å². The average molecular weight is 250 g/mol. The number of hydrogen-bond donors (Lipinski definition) is 3. The molecule has 2 unspecified atom stereocenters. The van der Waals surface area contributed by atoms with Crippen molar-refractivity contribution in [2.24, 2.45) is 5.73 Å². The third-order valence-corrected chi connectivity index (χ3v) is 2.47. The van der Waals surface area contributed by atoms with Crippen LogP contribution in [0.1, 0.15) is 12.5 Å². The van der Waals surface area contributed by atoms with E-state index in [-0.39, 0.29) is 23.5 Å². The second-order valence-electron chi connectivity index (χ2n) is 3.89. The van der Waals surface area contributed by atoms with E-state index in [9.17, 15) is 15.2 Å². The summed E-state index contributed by atoms with van der Waals surface area (Å²) in [5.41, 5.74) is 5.91. The van der Waals surface area contributed by atoms with E-state index in [2.05, 4.69) is 5.32 Å². The number of aliphatic hydroxyl groups excluding tert-OH is 1. The summed E-state index contributed by atoms with van der Waals surface area (Å²) in [5, 5.41) is 31.5. The highest BCUT2D eigenvalue weighted by Crippen LogP contribution is 2.25. The summed E-state index contributed by atoms with van der Waals surface area (Å²) in [6.45, 7) is 1.74.